The molecule has 0 bridgehead atoms. The number of aliphatic hydroxyl groups excluding tert-OH is 2. The van der Waals surface area contributed by atoms with Crippen molar-refractivity contribution in [1.29, 1.82) is 0 Å². The second kappa shape index (κ2) is 8.69. The monoisotopic (exact) mass is 289 g/mol. The zero-order valence-electron chi connectivity index (χ0n) is 9.72. The minimum absolute atomic E-state index is 0. The van der Waals surface area contributed by atoms with E-state index in [1.165, 1.54) is 0 Å². The van der Waals surface area contributed by atoms with Gasteiger partial charge >= 0.3 is 27.5 Å². The molecule has 2 atom stereocenters. The zero-order chi connectivity index (χ0) is 11.2. The van der Waals surface area contributed by atoms with Crippen LogP contribution in [0.2, 0.25) is 0 Å². The molecule has 0 rings (SSSR count). The van der Waals surface area contributed by atoms with E-state index in [4.69, 9.17) is 14.7 Å². The molecule has 0 aromatic rings. The van der Waals surface area contributed by atoms with E-state index in [2.05, 4.69) is 0 Å². The molecule has 0 aromatic heterocycles. The number of rotatable bonds is 7. The summed E-state index contributed by atoms with van der Waals surface area (Å²) in [6.07, 6.45) is -0.939. The maximum Gasteiger partial charge on any atom is 2.00 e. The van der Waals surface area contributed by atoms with Crippen molar-refractivity contribution in [3.05, 3.63) is 0 Å². The van der Waals surface area contributed by atoms with Gasteiger partial charge in [-0.2, -0.15) is 0 Å². The molecular weight excluding hydrogens is 270 g/mol. The van der Waals surface area contributed by atoms with Crippen LogP contribution in [0.4, 0.5) is 0 Å². The summed E-state index contributed by atoms with van der Waals surface area (Å²) in [6, 6.07) is 0. The number of aliphatic hydroxyl groups is 2. The molecule has 7 heteroatoms. The van der Waals surface area contributed by atoms with Crippen molar-refractivity contribution in [3.63, 3.8) is 0 Å². The van der Waals surface area contributed by atoms with Gasteiger partial charge < -0.3 is 14.7 Å². The summed E-state index contributed by atoms with van der Waals surface area (Å²) in [5, 5.41) is 17.5. The number of hydrogen-bond acceptors (Lipinski definition) is 4. The van der Waals surface area contributed by atoms with Crippen molar-refractivity contribution >= 4 is 8.03 Å². The van der Waals surface area contributed by atoms with E-state index in [1.54, 1.807) is 0 Å². The quantitative estimate of drug-likeness (QED) is 0.387. The average Bonchev–Trinajstić information content (AvgIpc) is 2.01. The predicted octanol–water partition coefficient (Wildman–Crippen LogP) is -0.198. The fourth-order valence-electron chi connectivity index (χ4n) is 0.699. The predicted molar refractivity (Wildman–Crippen MR) is 54.4 cm³/mol. The average molecular weight is 291 g/mol. The van der Waals surface area contributed by atoms with Crippen LogP contribution in [0, 0.1) is 0 Å². The van der Waals surface area contributed by atoms with Crippen LogP contribution in [0.15, 0.2) is 0 Å². The Bertz CT molecular complexity index is 186. The van der Waals surface area contributed by atoms with Gasteiger partial charge in [0.2, 0.25) is 6.16 Å². The molecule has 0 radical (unpaired) electrons. The molecule has 84 valence electrons. The summed E-state index contributed by atoms with van der Waals surface area (Å²) in [5.74, 6) is 0. The first kappa shape index (κ1) is 17.9. The van der Waals surface area contributed by atoms with Gasteiger partial charge in [0, 0.05) is 0 Å². The molecule has 0 fully saturated rings. The Labute approximate surface area is 105 Å². The third kappa shape index (κ3) is 12.5. The van der Waals surface area contributed by atoms with Gasteiger partial charge in [-0.1, -0.05) is 0 Å². The number of likely N-dealkylation sites (N-methyl/N-ethyl adjacent to an activating group) is 1. The van der Waals surface area contributed by atoms with Crippen LogP contribution in [-0.2, 0) is 28.6 Å². The van der Waals surface area contributed by atoms with Gasteiger partial charge in [-0.3, -0.25) is 0 Å². The molecular formula is C8H20NO4PZn+4. The van der Waals surface area contributed by atoms with Crippen LogP contribution < -0.4 is 0 Å². The molecule has 0 spiro atoms. The van der Waals surface area contributed by atoms with Gasteiger partial charge in [-0.25, -0.2) is 0 Å². The summed E-state index contributed by atoms with van der Waals surface area (Å²) in [4.78, 5) is 0. The van der Waals surface area contributed by atoms with Crippen molar-refractivity contribution < 1.29 is 43.3 Å². The van der Waals surface area contributed by atoms with Crippen LogP contribution in [0.1, 0.15) is 0 Å². The molecule has 0 aliphatic carbocycles. The SMILES string of the molecule is C[N+](C)(C)CCO[P+](=O)CC(O)CO.[Zn+2]. The second-order valence-electron chi connectivity index (χ2n) is 4.20. The molecule has 2 unspecified atom stereocenters. The van der Waals surface area contributed by atoms with E-state index in [9.17, 15) is 4.57 Å². The van der Waals surface area contributed by atoms with Crippen molar-refractivity contribution in [2.24, 2.45) is 0 Å². The second-order valence-corrected chi connectivity index (χ2v) is 5.49. The molecule has 0 amide bonds. The Morgan fingerprint density at radius 3 is 2.33 bits per heavy atom. The molecule has 5 nitrogen and oxygen atoms in total. The molecule has 0 saturated heterocycles. The summed E-state index contributed by atoms with van der Waals surface area (Å²) in [6.45, 7) is 0.785. The standard InChI is InChI=1S/C8H20NO4P.Zn/c1-9(2,3)4-5-13-14(12)7-8(11)6-10;/h8,10-11H,4-7H2,1-3H3;/q2*+2. The van der Waals surface area contributed by atoms with Crippen molar-refractivity contribution in [2.45, 2.75) is 6.10 Å². The fraction of sp³-hybridized carbons (Fsp3) is 1.00. The largest absolute Gasteiger partial charge is 2.00 e. The van der Waals surface area contributed by atoms with E-state index in [-0.39, 0.29) is 32.2 Å². The summed E-state index contributed by atoms with van der Waals surface area (Å²) in [5.41, 5.74) is 0. The van der Waals surface area contributed by atoms with Gasteiger partial charge in [-0.15, -0.1) is 4.52 Å². The van der Waals surface area contributed by atoms with Crippen molar-refractivity contribution in [2.75, 3.05) is 47.1 Å². The Morgan fingerprint density at radius 2 is 1.93 bits per heavy atom. The topological polar surface area (TPSA) is 66.8 Å². The fourth-order valence-corrected chi connectivity index (χ4v) is 1.55. The van der Waals surface area contributed by atoms with Gasteiger partial charge in [0.15, 0.2) is 6.61 Å². The summed E-state index contributed by atoms with van der Waals surface area (Å²) in [7, 11) is 4.19. The summed E-state index contributed by atoms with van der Waals surface area (Å²) >= 11 is 0. The van der Waals surface area contributed by atoms with Gasteiger partial charge in [0.25, 0.3) is 0 Å². The first-order valence-corrected chi connectivity index (χ1v) is 5.88. The van der Waals surface area contributed by atoms with E-state index in [0.717, 1.165) is 11.0 Å². The smallest absolute Gasteiger partial charge is 0.394 e. The minimum atomic E-state index is -1.85. The molecule has 0 aliphatic heterocycles. The Morgan fingerprint density at radius 1 is 1.40 bits per heavy atom. The first-order chi connectivity index (χ1) is 6.35. The van der Waals surface area contributed by atoms with E-state index in [0.29, 0.717) is 6.61 Å². The molecule has 0 heterocycles. The molecule has 0 aromatic carbocycles. The third-order valence-corrected chi connectivity index (χ3v) is 2.76. The number of hydrogen-bond donors (Lipinski definition) is 2. The van der Waals surface area contributed by atoms with Gasteiger partial charge in [0.1, 0.15) is 12.6 Å². The maximum atomic E-state index is 11.1. The normalized spacial score (nSPS) is 14.3. The molecule has 2 N–H and O–H groups in total. The Balaban J connectivity index is 0. The maximum absolute atomic E-state index is 11.1. The number of nitrogens with zero attached hydrogens (tertiary/aromatic N) is 1. The molecule has 0 saturated carbocycles. The Hall–Kier alpha value is 0.563. The van der Waals surface area contributed by atoms with E-state index < -0.39 is 14.1 Å². The van der Waals surface area contributed by atoms with E-state index in [1.807, 2.05) is 21.1 Å². The van der Waals surface area contributed by atoms with Crippen LogP contribution in [-0.4, -0.2) is 67.9 Å². The van der Waals surface area contributed by atoms with Crippen LogP contribution in [0.25, 0.3) is 0 Å². The number of quaternary nitrogens is 1. The summed E-state index contributed by atoms with van der Waals surface area (Å²) < 4.78 is 16.9. The first-order valence-electron chi connectivity index (χ1n) is 4.52. The Kier molecular flexibility index (Phi) is 10.4. The molecule has 15 heavy (non-hydrogen) atoms. The third-order valence-electron chi connectivity index (χ3n) is 1.57. The van der Waals surface area contributed by atoms with Crippen LogP contribution >= 0.6 is 8.03 Å². The zero-order valence-corrected chi connectivity index (χ0v) is 13.6. The van der Waals surface area contributed by atoms with Crippen molar-refractivity contribution in [3.8, 4) is 0 Å². The van der Waals surface area contributed by atoms with Gasteiger partial charge in [0.05, 0.1) is 27.7 Å². The van der Waals surface area contributed by atoms with Crippen LogP contribution in [0.5, 0.6) is 0 Å². The van der Waals surface area contributed by atoms with Gasteiger partial charge in [-0.05, 0) is 4.57 Å². The van der Waals surface area contributed by atoms with E-state index >= 15 is 0 Å². The molecule has 0 aliphatic rings. The van der Waals surface area contributed by atoms with Crippen molar-refractivity contribution in [1.82, 2.24) is 0 Å². The van der Waals surface area contributed by atoms with Crippen LogP contribution in [0.3, 0.4) is 0 Å². The minimum Gasteiger partial charge on any atom is -0.394 e.